The topological polar surface area (TPSA) is 234 Å². The van der Waals surface area contributed by atoms with Crippen LogP contribution in [0.4, 0.5) is 0 Å². The van der Waals surface area contributed by atoms with Crippen LogP contribution >= 0.6 is 0 Å². The first kappa shape index (κ1) is 40.6. The van der Waals surface area contributed by atoms with Crippen molar-refractivity contribution in [2.24, 2.45) is 11.7 Å². The Bertz CT molecular complexity index is 1640. The van der Waals surface area contributed by atoms with Gasteiger partial charge in [-0.15, -0.1) is 0 Å². The third-order valence-corrected chi connectivity index (χ3v) is 9.80. The van der Waals surface area contributed by atoms with Gasteiger partial charge in [0.15, 0.2) is 0 Å². The lowest BCUT2D eigenvalue weighted by Gasteiger charge is -2.30. The van der Waals surface area contributed by atoms with Crippen LogP contribution in [0.25, 0.3) is 0 Å². The minimum Gasteiger partial charge on any atom is -0.481 e. The van der Waals surface area contributed by atoms with Crippen LogP contribution in [-0.4, -0.2) is 96.4 Å². The van der Waals surface area contributed by atoms with Crippen LogP contribution in [-0.2, 0) is 51.6 Å². The van der Waals surface area contributed by atoms with E-state index in [1.807, 2.05) is 13.8 Å². The summed E-state index contributed by atoms with van der Waals surface area (Å²) in [6, 6.07) is 11.4. The van der Waals surface area contributed by atoms with Gasteiger partial charge < -0.3 is 31.7 Å². The second kappa shape index (κ2) is 19.0. The molecule has 2 aromatic carbocycles. The second-order valence-corrected chi connectivity index (χ2v) is 15.0. The van der Waals surface area contributed by atoms with Crippen molar-refractivity contribution < 1.29 is 42.3 Å². The number of nitrogens with two attached hydrogens (primary N) is 1. The summed E-state index contributed by atoms with van der Waals surface area (Å²) in [6.45, 7) is 5.45. The Labute approximate surface area is 298 Å². The predicted molar refractivity (Wildman–Crippen MR) is 188 cm³/mol. The predicted octanol–water partition coefficient (Wildman–Crippen LogP) is 0.231. The minimum atomic E-state index is -4.25. The highest BCUT2D eigenvalue weighted by Gasteiger charge is 2.38. The van der Waals surface area contributed by atoms with Crippen molar-refractivity contribution in [2.45, 2.75) is 89.5 Å². The number of rotatable bonds is 19. The molecule has 1 aliphatic heterocycles. The molecule has 1 aliphatic rings. The molecule has 5 atom stereocenters. The van der Waals surface area contributed by atoms with Crippen LogP contribution in [0, 0.1) is 5.92 Å². The maximum atomic E-state index is 13.9. The molecule has 1 fully saturated rings. The number of amides is 5. The number of nitrogens with one attached hydrogen (secondary N) is 4. The molecule has 1 saturated heterocycles. The van der Waals surface area contributed by atoms with Crippen molar-refractivity contribution >= 4 is 45.5 Å². The first-order valence-corrected chi connectivity index (χ1v) is 18.5. The molecule has 0 bridgehead atoms. The van der Waals surface area contributed by atoms with Gasteiger partial charge >= 0.3 is 5.97 Å². The number of carboxylic acid groups (broad SMARTS) is 1. The van der Waals surface area contributed by atoms with Gasteiger partial charge in [-0.05, 0) is 42.7 Å². The summed E-state index contributed by atoms with van der Waals surface area (Å²) in [5.41, 5.74) is 6.55. The van der Waals surface area contributed by atoms with Crippen LogP contribution in [0.3, 0.4) is 0 Å². The summed E-state index contributed by atoms with van der Waals surface area (Å²) < 4.78 is 30.0. The summed E-state index contributed by atoms with van der Waals surface area (Å²) in [4.78, 5) is 77.4. The molecule has 3 rings (SSSR count). The fourth-order valence-electron chi connectivity index (χ4n) is 5.99. The van der Waals surface area contributed by atoms with E-state index in [1.54, 1.807) is 60.7 Å². The Kier molecular flexibility index (Phi) is 15.1. The lowest BCUT2D eigenvalue weighted by molar-refractivity contribution is -0.140. The van der Waals surface area contributed by atoms with E-state index in [2.05, 4.69) is 20.7 Å². The summed E-state index contributed by atoms with van der Waals surface area (Å²) in [5.74, 6) is -5.38. The monoisotopic (exact) mass is 728 g/mol. The molecular weight excluding hydrogens is 680 g/mol. The van der Waals surface area contributed by atoms with E-state index in [0.717, 1.165) is 0 Å². The molecule has 15 nitrogen and oxygen atoms in total. The number of hydrogen-bond acceptors (Lipinski definition) is 8. The van der Waals surface area contributed by atoms with Crippen molar-refractivity contribution in [1.29, 1.82) is 0 Å². The van der Waals surface area contributed by atoms with E-state index in [-0.39, 0.29) is 30.6 Å². The lowest BCUT2D eigenvalue weighted by Crippen LogP contribution is -2.58. The maximum Gasteiger partial charge on any atom is 0.305 e. The Morgan fingerprint density at radius 1 is 0.824 bits per heavy atom. The van der Waals surface area contributed by atoms with Crippen LogP contribution in [0.1, 0.15) is 57.6 Å². The first-order chi connectivity index (χ1) is 24.0. The fraction of sp³-hybridized carbons (Fsp3) is 0.486. The zero-order valence-electron chi connectivity index (χ0n) is 29.0. The second-order valence-electron chi connectivity index (χ2n) is 13.2. The van der Waals surface area contributed by atoms with Crippen molar-refractivity contribution in [3.63, 3.8) is 0 Å². The highest BCUT2D eigenvalue weighted by atomic mass is 32.2. The summed E-state index contributed by atoms with van der Waals surface area (Å²) in [5, 5.41) is 16.8. The van der Waals surface area contributed by atoms with Gasteiger partial charge in [-0.25, -0.2) is 13.1 Å². The number of nitrogens with zero attached hydrogens (tertiary/aromatic N) is 1. The van der Waals surface area contributed by atoms with Crippen LogP contribution in [0.5, 0.6) is 0 Å². The summed E-state index contributed by atoms with van der Waals surface area (Å²) >= 11 is 0. The molecule has 7 N–H and O–H groups in total. The Morgan fingerprint density at radius 3 is 1.86 bits per heavy atom. The van der Waals surface area contributed by atoms with E-state index >= 15 is 0 Å². The van der Waals surface area contributed by atoms with E-state index in [4.69, 9.17) is 5.73 Å². The van der Waals surface area contributed by atoms with Crippen LogP contribution in [0.2, 0.25) is 0 Å². The van der Waals surface area contributed by atoms with Crippen molar-refractivity contribution in [3.8, 4) is 0 Å². The number of carboxylic acids is 1. The van der Waals surface area contributed by atoms with E-state index in [0.29, 0.717) is 36.9 Å². The molecule has 0 radical (unpaired) electrons. The lowest BCUT2D eigenvalue weighted by atomic mass is 10.0. The summed E-state index contributed by atoms with van der Waals surface area (Å²) in [6.07, 6.45) is 0.368. The molecule has 1 heterocycles. The molecule has 2 aromatic rings. The van der Waals surface area contributed by atoms with Crippen molar-refractivity contribution in [3.05, 3.63) is 71.8 Å². The molecular formula is C35H48N6O9S. The minimum absolute atomic E-state index is 0.0766. The molecule has 16 heteroatoms. The summed E-state index contributed by atoms with van der Waals surface area (Å²) in [7, 11) is -4.25. The molecule has 0 aromatic heterocycles. The van der Waals surface area contributed by atoms with Crippen LogP contribution < -0.4 is 26.4 Å². The van der Waals surface area contributed by atoms with Gasteiger partial charge in [0.1, 0.15) is 24.2 Å². The molecule has 0 spiro atoms. The first-order valence-electron chi connectivity index (χ1n) is 16.8. The number of benzene rings is 2. The smallest absolute Gasteiger partial charge is 0.305 e. The number of carbonyl (C=O) groups is 6. The molecule has 0 aliphatic carbocycles. The van der Waals surface area contributed by atoms with E-state index in [9.17, 15) is 42.3 Å². The zero-order chi connectivity index (χ0) is 37.7. The molecule has 0 saturated carbocycles. The van der Waals surface area contributed by atoms with Gasteiger partial charge in [0.25, 0.3) is 0 Å². The molecule has 278 valence electrons. The zero-order valence-corrected chi connectivity index (χ0v) is 29.9. The Hall–Kier alpha value is -4.83. The number of aliphatic carboxylic acids is 1. The van der Waals surface area contributed by atoms with Gasteiger partial charge in [-0.2, -0.15) is 0 Å². The van der Waals surface area contributed by atoms with Crippen molar-refractivity contribution in [1.82, 2.24) is 25.6 Å². The third-order valence-electron chi connectivity index (χ3n) is 8.33. The van der Waals surface area contributed by atoms with E-state index < -0.39 is 76.1 Å². The fourth-order valence-corrected chi connectivity index (χ4v) is 7.57. The SMILES string of the molecule is CC(=O)N[C@@H](CC(C)C)C(=O)N1CCC[C@H]1CS(=O)(=O)N[C@@H](Cc1ccccc1)C(=O)N[C@@H](Cc1ccccc1)C(=O)N[C@@H](CC(=O)O)C(N)=O. The standard InChI is InChI=1S/C35H48N6O9S/c1-22(2)17-30(37-23(3)42)35(48)41-16-10-15-26(41)21-51(49,50)40-29(19-25-13-8-5-9-14-25)34(47)39-28(18-24-11-6-4-7-12-24)33(46)38-27(32(36)45)20-31(43)44/h4-9,11-14,22,26-30,40H,10,15-21H2,1-3H3,(H2,36,45)(H,37,42)(H,38,46)(H,39,47)(H,43,44)/t26-,27-,28-,29-,30-/m0/s1. The largest absolute Gasteiger partial charge is 0.481 e. The van der Waals surface area contributed by atoms with Crippen molar-refractivity contribution in [2.75, 3.05) is 12.3 Å². The van der Waals surface area contributed by atoms with Gasteiger partial charge in [0.2, 0.25) is 39.6 Å². The maximum absolute atomic E-state index is 13.9. The van der Waals surface area contributed by atoms with Gasteiger partial charge in [-0.1, -0.05) is 74.5 Å². The number of carbonyl (C=O) groups excluding carboxylic acids is 5. The Morgan fingerprint density at radius 2 is 1.35 bits per heavy atom. The van der Waals surface area contributed by atoms with Gasteiger partial charge in [0, 0.05) is 25.9 Å². The molecule has 51 heavy (non-hydrogen) atoms. The highest BCUT2D eigenvalue weighted by molar-refractivity contribution is 7.89. The van der Waals surface area contributed by atoms with E-state index in [1.165, 1.54) is 11.8 Å². The average Bonchev–Trinajstić information content (AvgIpc) is 3.50. The quantitative estimate of drug-likeness (QED) is 0.116. The Balaban J connectivity index is 1.87. The molecule has 5 amide bonds. The van der Waals surface area contributed by atoms with Gasteiger partial charge in [0.05, 0.1) is 12.2 Å². The normalized spacial score (nSPS) is 16.8. The number of sulfonamides is 1. The van der Waals surface area contributed by atoms with Crippen LogP contribution in [0.15, 0.2) is 60.7 Å². The number of primary amides is 1. The highest BCUT2D eigenvalue weighted by Crippen LogP contribution is 2.22. The van der Waals surface area contributed by atoms with Gasteiger partial charge in [-0.3, -0.25) is 28.8 Å². The number of likely N-dealkylation sites (tertiary alicyclic amines) is 1. The number of hydrogen-bond donors (Lipinski definition) is 6. The average molecular weight is 729 g/mol. The molecule has 0 unspecified atom stereocenters. The third kappa shape index (κ3) is 13.4.